The number of hydrogen-bond donors (Lipinski definition) is 1. The minimum atomic E-state index is -2.93. The van der Waals surface area contributed by atoms with Crippen molar-refractivity contribution >= 4 is 17.3 Å². The van der Waals surface area contributed by atoms with E-state index in [0.717, 1.165) is 25.1 Å². The summed E-state index contributed by atoms with van der Waals surface area (Å²) in [5.41, 5.74) is 3.74. The van der Waals surface area contributed by atoms with Crippen LogP contribution < -0.4 is 15.0 Å². The number of anilines is 2. The Kier molecular flexibility index (Phi) is 5.16. The molecule has 0 fully saturated rings. The fraction of sp³-hybridized carbons (Fsp3) is 0.316. The van der Waals surface area contributed by atoms with Crippen molar-refractivity contribution in [2.75, 3.05) is 23.3 Å². The predicted molar refractivity (Wildman–Crippen MR) is 93.4 cm³/mol. The van der Waals surface area contributed by atoms with E-state index in [2.05, 4.69) is 16.1 Å². The summed E-state index contributed by atoms with van der Waals surface area (Å²) in [6, 6.07) is 12.4. The molecule has 0 aliphatic carbocycles. The summed E-state index contributed by atoms with van der Waals surface area (Å²) in [5, 5.41) is 2.67. The summed E-state index contributed by atoms with van der Waals surface area (Å²) in [5.74, 6) is -0.306. The lowest BCUT2D eigenvalue weighted by atomic mass is 9.99. The van der Waals surface area contributed by atoms with Gasteiger partial charge in [-0.2, -0.15) is 8.78 Å². The summed E-state index contributed by atoms with van der Waals surface area (Å²) in [4.78, 5) is 14.4. The number of rotatable bonds is 5. The third-order valence-electron chi connectivity index (χ3n) is 4.16. The van der Waals surface area contributed by atoms with Gasteiger partial charge >= 0.3 is 6.61 Å². The fourth-order valence-corrected chi connectivity index (χ4v) is 3.10. The zero-order chi connectivity index (χ0) is 17.8. The molecule has 4 nitrogen and oxygen atoms in total. The van der Waals surface area contributed by atoms with Crippen molar-refractivity contribution in [3.05, 3.63) is 53.6 Å². The molecule has 2 aromatic rings. The van der Waals surface area contributed by atoms with Crippen LogP contribution in [0.1, 0.15) is 17.5 Å². The lowest BCUT2D eigenvalue weighted by molar-refractivity contribution is -0.115. The van der Waals surface area contributed by atoms with Crippen molar-refractivity contribution in [1.82, 2.24) is 0 Å². The number of para-hydroxylation sites is 2. The molecule has 0 aromatic heterocycles. The lowest BCUT2D eigenvalue weighted by Gasteiger charge is -2.31. The molecule has 2 aromatic carbocycles. The number of ether oxygens (including phenoxy) is 1. The van der Waals surface area contributed by atoms with Crippen LogP contribution in [0.25, 0.3) is 0 Å². The number of aryl methyl sites for hydroxylation is 2. The van der Waals surface area contributed by atoms with Crippen LogP contribution in [0.2, 0.25) is 0 Å². The largest absolute Gasteiger partial charge is 0.433 e. The molecule has 3 rings (SSSR count). The molecular weight excluding hydrogens is 326 g/mol. The Morgan fingerprint density at radius 2 is 2.08 bits per heavy atom. The molecule has 1 heterocycles. The van der Waals surface area contributed by atoms with E-state index < -0.39 is 6.61 Å². The summed E-state index contributed by atoms with van der Waals surface area (Å²) in [6.45, 7) is 0.0686. The summed E-state index contributed by atoms with van der Waals surface area (Å²) in [7, 11) is 0. The van der Waals surface area contributed by atoms with Crippen molar-refractivity contribution in [1.29, 1.82) is 0 Å². The van der Waals surface area contributed by atoms with Crippen LogP contribution in [0.3, 0.4) is 0 Å². The summed E-state index contributed by atoms with van der Waals surface area (Å²) >= 11 is 0. The van der Waals surface area contributed by atoms with Crippen molar-refractivity contribution in [3.8, 4) is 5.75 Å². The lowest BCUT2D eigenvalue weighted by Crippen LogP contribution is -2.36. The molecule has 1 aliphatic heterocycles. The first-order valence-corrected chi connectivity index (χ1v) is 8.21. The number of carbonyl (C=O) groups is 1. The number of hydrogen-bond acceptors (Lipinski definition) is 3. The smallest absolute Gasteiger partial charge is 0.387 e. The van der Waals surface area contributed by atoms with Gasteiger partial charge in [-0.05, 0) is 43.5 Å². The second-order valence-electron chi connectivity index (χ2n) is 6.08. The van der Waals surface area contributed by atoms with Gasteiger partial charge in [-0.15, -0.1) is 0 Å². The molecule has 0 unspecified atom stereocenters. The van der Waals surface area contributed by atoms with Crippen molar-refractivity contribution in [3.63, 3.8) is 0 Å². The van der Waals surface area contributed by atoms with E-state index in [9.17, 15) is 13.6 Å². The van der Waals surface area contributed by atoms with Gasteiger partial charge < -0.3 is 15.0 Å². The number of benzene rings is 2. The molecule has 1 aliphatic rings. The van der Waals surface area contributed by atoms with E-state index in [-0.39, 0.29) is 23.9 Å². The Labute approximate surface area is 145 Å². The van der Waals surface area contributed by atoms with Crippen LogP contribution in [0, 0.1) is 6.92 Å². The van der Waals surface area contributed by atoms with Gasteiger partial charge in [0.1, 0.15) is 5.75 Å². The van der Waals surface area contributed by atoms with Crippen LogP contribution >= 0.6 is 0 Å². The van der Waals surface area contributed by atoms with Gasteiger partial charge in [-0.1, -0.05) is 29.8 Å². The van der Waals surface area contributed by atoms with E-state index in [0.29, 0.717) is 0 Å². The third-order valence-corrected chi connectivity index (χ3v) is 4.16. The van der Waals surface area contributed by atoms with E-state index in [1.54, 1.807) is 18.2 Å². The minimum absolute atomic E-state index is 0.0412. The first kappa shape index (κ1) is 17.2. The number of nitrogens with one attached hydrogen (secondary N) is 1. The highest BCUT2D eigenvalue weighted by atomic mass is 19.3. The van der Waals surface area contributed by atoms with Gasteiger partial charge in [0.15, 0.2) is 0 Å². The third kappa shape index (κ3) is 4.26. The highest BCUT2D eigenvalue weighted by Gasteiger charge is 2.20. The molecule has 6 heteroatoms. The monoisotopic (exact) mass is 346 g/mol. The highest BCUT2D eigenvalue weighted by Crippen LogP contribution is 2.29. The van der Waals surface area contributed by atoms with Crippen molar-refractivity contribution < 1.29 is 18.3 Å². The SMILES string of the molecule is Cc1ccc2c(c1)CCCN2CC(=O)Nc1ccccc1OC(F)F. The summed E-state index contributed by atoms with van der Waals surface area (Å²) in [6.07, 6.45) is 1.98. The van der Waals surface area contributed by atoms with E-state index in [4.69, 9.17) is 0 Å². The van der Waals surface area contributed by atoms with Gasteiger partial charge in [-0.25, -0.2) is 0 Å². The topological polar surface area (TPSA) is 41.6 Å². The summed E-state index contributed by atoms with van der Waals surface area (Å²) < 4.78 is 29.4. The fourth-order valence-electron chi connectivity index (χ4n) is 3.10. The van der Waals surface area contributed by atoms with E-state index in [1.807, 2.05) is 24.0 Å². The van der Waals surface area contributed by atoms with Crippen LogP contribution in [-0.2, 0) is 11.2 Å². The quantitative estimate of drug-likeness (QED) is 0.890. The molecule has 0 radical (unpaired) electrons. The van der Waals surface area contributed by atoms with Crippen LogP contribution in [0.15, 0.2) is 42.5 Å². The number of halogens is 2. The maximum atomic E-state index is 12.5. The van der Waals surface area contributed by atoms with Crippen LogP contribution in [0.4, 0.5) is 20.2 Å². The normalized spacial score (nSPS) is 13.5. The Hall–Kier alpha value is -2.63. The number of nitrogens with zero attached hydrogens (tertiary/aromatic N) is 1. The highest BCUT2D eigenvalue weighted by molar-refractivity contribution is 5.95. The molecule has 0 bridgehead atoms. The number of carbonyl (C=O) groups excluding carboxylic acids is 1. The molecular formula is C19H20F2N2O2. The Morgan fingerprint density at radius 1 is 1.28 bits per heavy atom. The molecule has 0 atom stereocenters. The molecule has 0 saturated heterocycles. The zero-order valence-corrected chi connectivity index (χ0v) is 14.0. The first-order chi connectivity index (χ1) is 12.0. The van der Waals surface area contributed by atoms with E-state index >= 15 is 0 Å². The van der Waals surface area contributed by atoms with Crippen LogP contribution in [0.5, 0.6) is 5.75 Å². The van der Waals surface area contributed by atoms with Gasteiger partial charge in [0, 0.05) is 12.2 Å². The first-order valence-electron chi connectivity index (χ1n) is 8.21. The van der Waals surface area contributed by atoms with E-state index in [1.165, 1.54) is 17.2 Å². The molecule has 0 spiro atoms. The maximum Gasteiger partial charge on any atom is 0.387 e. The second-order valence-corrected chi connectivity index (χ2v) is 6.08. The molecule has 25 heavy (non-hydrogen) atoms. The number of amides is 1. The Morgan fingerprint density at radius 3 is 2.88 bits per heavy atom. The molecule has 1 N–H and O–H groups in total. The molecule has 132 valence electrons. The number of fused-ring (bicyclic) bond motifs is 1. The maximum absolute atomic E-state index is 12.5. The predicted octanol–water partition coefficient (Wildman–Crippen LogP) is 3.99. The standard InChI is InChI=1S/C19H20F2N2O2/c1-13-8-9-16-14(11-13)5-4-10-23(16)12-18(24)22-15-6-2-3-7-17(15)25-19(20)21/h2-3,6-9,11,19H,4-5,10,12H2,1H3,(H,22,24). The minimum Gasteiger partial charge on any atom is -0.433 e. The molecule has 0 saturated carbocycles. The molecule has 1 amide bonds. The van der Waals surface area contributed by atoms with Gasteiger partial charge in [0.25, 0.3) is 0 Å². The van der Waals surface area contributed by atoms with Crippen molar-refractivity contribution in [2.24, 2.45) is 0 Å². The number of alkyl halides is 2. The van der Waals surface area contributed by atoms with Gasteiger partial charge in [0.2, 0.25) is 5.91 Å². The average molecular weight is 346 g/mol. The van der Waals surface area contributed by atoms with Crippen molar-refractivity contribution in [2.45, 2.75) is 26.4 Å². The van der Waals surface area contributed by atoms with Crippen LogP contribution in [-0.4, -0.2) is 25.6 Å². The second kappa shape index (κ2) is 7.51. The average Bonchev–Trinajstić information content (AvgIpc) is 2.56. The zero-order valence-electron chi connectivity index (χ0n) is 14.0. The Bertz CT molecular complexity index is 765. The Balaban J connectivity index is 1.70. The van der Waals surface area contributed by atoms with Gasteiger partial charge in [0.05, 0.1) is 12.2 Å². The van der Waals surface area contributed by atoms with Gasteiger partial charge in [-0.3, -0.25) is 4.79 Å².